The summed E-state index contributed by atoms with van der Waals surface area (Å²) in [6.45, 7) is 4.05. The van der Waals surface area contributed by atoms with E-state index < -0.39 is 4.92 Å². The van der Waals surface area contributed by atoms with Gasteiger partial charge in [0.2, 0.25) is 0 Å². The topological polar surface area (TPSA) is 65.1 Å². The van der Waals surface area contributed by atoms with Gasteiger partial charge in [-0.15, -0.1) is 0 Å². The van der Waals surface area contributed by atoms with Gasteiger partial charge in [-0.25, -0.2) is 0 Å². The minimum atomic E-state index is -0.527. The van der Waals surface area contributed by atoms with Crippen molar-refractivity contribution in [3.8, 4) is 0 Å². The van der Waals surface area contributed by atoms with Crippen LogP contribution in [0.1, 0.15) is 16.1 Å². The number of aryl methyl sites for hydroxylation is 1. The Morgan fingerprint density at radius 2 is 2.11 bits per heavy atom. The number of hydrogen-bond acceptors (Lipinski definition) is 4. The molecule has 0 unspecified atom stereocenters. The summed E-state index contributed by atoms with van der Waals surface area (Å²) in [5, 5.41) is 10.9. The second kappa shape index (κ2) is 5.14. The first kappa shape index (κ1) is 13.8. The number of aromatic nitrogens is 1. The largest absolute Gasteiger partial charge is 0.307 e. The molecule has 1 aromatic carbocycles. The van der Waals surface area contributed by atoms with Gasteiger partial charge in [-0.05, 0) is 25.5 Å². The van der Waals surface area contributed by atoms with Crippen molar-refractivity contribution in [2.75, 3.05) is 0 Å². The second-order valence-electron chi connectivity index (χ2n) is 4.14. The Morgan fingerprint density at radius 3 is 2.63 bits per heavy atom. The number of rotatable bonds is 3. The Bertz CT molecular complexity index is 705. The van der Waals surface area contributed by atoms with Crippen molar-refractivity contribution in [1.82, 2.24) is 4.57 Å². The van der Waals surface area contributed by atoms with Crippen LogP contribution in [0.2, 0.25) is 5.02 Å². The summed E-state index contributed by atoms with van der Waals surface area (Å²) >= 11 is 6.93. The average molecular weight is 299 g/mol. The molecule has 0 radical (unpaired) electrons. The third kappa shape index (κ3) is 2.69. The number of nitro benzene ring substituents is 1. The molecule has 0 aliphatic heterocycles. The van der Waals surface area contributed by atoms with Crippen LogP contribution in [0.4, 0.5) is 5.69 Å². The van der Waals surface area contributed by atoms with Crippen molar-refractivity contribution in [3.63, 3.8) is 0 Å². The van der Waals surface area contributed by atoms with Gasteiger partial charge >= 0.3 is 4.87 Å². The van der Waals surface area contributed by atoms with Gasteiger partial charge in [0.15, 0.2) is 0 Å². The molecule has 0 atom stereocenters. The highest BCUT2D eigenvalue weighted by Crippen LogP contribution is 2.25. The lowest BCUT2D eigenvalue weighted by Gasteiger charge is -2.05. The summed E-state index contributed by atoms with van der Waals surface area (Å²) in [7, 11) is 0. The van der Waals surface area contributed by atoms with Crippen LogP contribution in [0, 0.1) is 24.0 Å². The lowest BCUT2D eigenvalue weighted by Crippen LogP contribution is -2.15. The predicted octanol–water partition coefficient (Wildman–Crippen LogP) is 3.14. The summed E-state index contributed by atoms with van der Waals surface area (Å²) in [6.07, 6.45) is 0. The summed E-state index contributed by atoms with van der Waals surface area (Å²) in [6, 6.07) is 4.57. The van der Waals surface area contributed by atoms with Crippen molar-refractivity contribution in [2.24, 2.45) is 0 Å². The van der Waals surface area contributed by atoms with Gasteiger partial charge in [0.05, 0.1) is 11.5 Å². The lowest BCUT2D eigenvalue weighted by atomic mass is 10.2. The van der Waals surface area contributed by atoms with Gasteiger partial charge in [0, 0.05) is 16.6 Å². The maximum atomic E-state index is 11.8. The van der Waals surface area contributed by atoms with Crippen molar-refractivity contribution in [2.45, 2.75) is 20.4 Å². The summed E-state index contributed by atoms with van der Waals surface area (Å²) in [5.41, 5.74) is 1.42. The van der Waals surface area contributed by atoms with Gasteiger partial charge in [-0.1, -0.05) is 29.0 Å². The van der Waals surface area contributed by atoms with Crippen molar-refractivity contribution < 1.29 is 4.92 Å². The van der Waals surface area contributed by atoms with Crippen LogP contribution in [-0.4, -0.2) is 9.49 Å². The molecule has 1 aromatic heterocycles. The van der Waals surface area contributed by atoms with Gasteiger partial charge in [-0.2, -0.15) is 0 Å². The van der Waals surface area contributed by atoms with Gasteiger partial charge in [-0.3, -0.25) is 19.5 Å². The highest BCUT2D eigenvalue weighted by molar-refractivity contribution is 7.09. The molecule has 0 saturated carbocycles. The van der Waals surface area contributed by atoms with E-state index in [1.165, 1.54) is 23.5 Å². The standard InChI is InChI=1S/C12H11ClN2O3S/c1-7-8(2)19-12(16)14(7)6-9-3-4-10(13)11(5-9)15(17)18/h3-5H,6H2,1-2H3. The number of halogens is 1. The SMILES string of the molecule is Cc1sc(=O)n(Cc2ccc(Cl)c([N+](=O)[O-])c2)c1C. The molecular weight excluding hydrogens is 288 g/mol. The van der Waals surface area contributed by atoms with E-state index >= 15 is 0 Å². The van der Waals surface area contributed by atoms with Crippen LogP contribution in [0.25, 0.3) is 0 Å². The Labute approximate surface area is 118 Å². The number of thiazole rings is 1. The zero-order valence-corrected chi connectivity index (χ0v) is 11.9. The van der Waals surface area contributed by atoms with E-state index in [-0.39, 0.29) is 15.6 Å². The first-order valence-electron chi connectivity index (χ1n) is 5.50. The van der Waals surface area contributed by atoms with Crippen LogP contribution in [0.5, 0.6) is 0 Å². The minimum absolute atomic E-state index is 0.0624. The van der Waals surface area contributed by atoms with Gasteiger partial charge < -0.3 is 0 Å². The summed E-state index contributed by atoms with van der Waals surface area (Å²) < 4.78 is 1.60. The van der Waals surface area contributed by atoms with Crippen LogP contribution < -0.4 is 4.87 Å². The quantitative estimate of drug-likeness (QED) is 0.646. The summed E-state index contributed by atoms with van der Waals surface area (Å²) in [4.78, 5) is 23.0. The first-order chi connectivity index (χ1) is 8.90. The molecule has 5 nitrogen and oxygen atoms in total. The molecule has 0 N–H and O–H groups in total. The van der Waals surface area contributed by atoms with Crippen molar-refractivity contribution in [3.05, 3.63) is 59.1 Å². The van der Waals surface area contributed by atoms with E-state index in [1.54, 1.807) is 10.6 Å². The molecule has 0 aliphatic rings. The average Bonchev–Trinajstić information content (AvgIpc) is 2.58. The van der Waals surface area contributed by atoms with Gasteiger partial charge in [0.1, 0.15) is 5.02 Å². The van der Waals surface area contributed by atoms with Crippen molar-refractivity contribution in [1.29, 1.82) is 0 Å². The molecule has 0 saturated heterocycles. The Hall–Kier alpha value is -1.66. The predicted molar refractivity (Wildman–Crippen MR) is 75.3 cm³/mol. The Morgan fingerprint density at radius 1 is 1.42 bits per heavy atom. The van der Waals surface area contributed by atoms with E-state index in [1.807, 2.05) is 13.8 Å². The Balaban J connectivity index is 2.42. The highest BCUT2D eigenvalue weighted by atomic mass is 35.5. The van der Waals surface area contributed by atoms with Crippen LogP contribution in [0.3, 0.4) is 0 Å². The van der Waals surface area contributed by atoms with Crippen LogP contribution in [0.15, 0.2) is 23.0 Å². The molecule has 0 aliphatic carbocycles. The third-order valence-electron chi connectivity index (χ3n) is 2.92. The first-order valence-corrected chi connectivity index (χ1v) is 6.69. The lowest BCUT2D eigenvalue weighted by molar-refractivity contribution is -0.384. The second-order valence-corrected chi connectivity index (χ2v) is 5.71. The maximum absolute atomic E-state index is 11.8. The van der Waals surface area contributed by atoms with E-state index in [4.69, 9.17) is 11.6 Å². The Kier molecular flexibility index (Phi) is 3.73. The number of nitrogens with zero attached hydrogens (tertiary/aromatic N) is 2. The molecule has 19 heavy (non-hydrogen) atoms. The van der Waals surface area contributed by atoms with Gasteiger partial charge in [0.25, 0.3) is 5.69 Å². The fraction of sp³-hybridized carbons (Fsp3) is 0.250. The van der Waals surface area contributed by atoms with E-state index in [0.717, 1.165) is 10.6 Å². The van der Waals surface area contributed by atoms with E-state index in [0.29, 0.717) is 12.1 Å². The molecule has 1 heterocycles. The van der Waals surface area contributed by atoms with Crippen molar-refractivity contribution >= 4 is 28.6 Å². The normalized spacial score (nSPS) is 10.7. The zero-order chi connectivity index (χ0) is 14.2. The summed E-state index contributed by atoms with van der Waals surface area (Å²) in [5.74, 6) is 0. The fourth-order valence-electron chi connectivity index (χ4n) is 1.75. The molecule has 0 amide bonds. The van der Waals surface area contributed by atoms with Crippen LogP contribution >= 0.6 is 22.9 Å². The maximum Gasteiger partial charge on any atom is 0.307 e. The number of nitro groups is 1. The van der Waals surface area contributed by atoms with E-state index in [9.17, 15) is 14.9 Å². The molecule has 0 fully saturated rings. The highest BCUT2D eigenvalue weighted by Gasteiger charge is 2.14. The molecule has 100 valence electrons. The fourth-order valence-corrected chi connectivity index (χ4v) is 2.77. The molecule has 7 heteroatoms. The molecule has 0 spiro atoms. The smallest absolute Gasteiger partial charge is 0.299 e. The third-order valence-corrected chi connectivity index (χ3v) is 4.24. The number of benzene rings is 1. The molecular formula is C12H11ClN2O3S. The molecule has 0 bridgehead atoms. The van der Waals surface area contributed by atoms with E-state index in [2.05, 4.69) is 0 Å². The van der Waals surface area contributed by atoms with Crippen LogP contribution in [-0.2, 0) is 6.54 Å². The minimum Gasteiger partial charge on any atom is -0.299 e. The molecule has 2 rings (SSSR count). The molecule has 2 aromatic rings. The zero-order valence-electron chi connectivity index (χ0n) is 10.3. The number of hydrogen-bond donors (Lipinski definition) is 0. The monoisotopic (exact) mass is 298 g/mol.